The van der Waals surface area contributed by atoms with Crippen LogP contribution in [-0.4, -0.2) is 32.5 Å². The lowest BCUT2D eigenvalue weighted by Gasteiger charge is -2.10. The van der Waals surface area contributed by atoms with Gasteiger partial charge in [-0.1, -0.05) is 0 Å². The molecule has 18 heavy (non-hydrogen) atoms. The Bertz CT molecular complexity index is 534. The van der Waals surface area contributed by atoms with E-state index in [0.29, 0.717) is 13.0 Å². The predicted octanol–water partition coefficient (Wildman–Crippen LogP) is 0.662. The van der Waals surface area contributed by atoms with Gasteiger partial charge in [-0.15, -0.1) is 0 Å². The number of nitrogens with one attached hydrogen (secondary N) is 1. The van der Waals surface area contributed by atoms with Crippen molar-refractivity contribution in [3.63, 3.8) is 0 Å². The number of non-ortho nitro benzene ring substituents is 1. The number of rotatable bonds is 4. The van der Waals surface area contributed by atoms with Crippen molar-refractivity contribution in [1.82, 2.24) is 5.32 Å². The van der Waals surface area contributed by atoms with Crippen molar-refractivity contribution in [2.75, 3.05) is 13.1 Å². The summed E-state index contributed by atoms with van der Waals surface area (Å²) in [6.45, 7) is 1.21. The molecule has 98 valence electrons. The van der Waals surface area contributed by atoms with Crippen LogP contribution >= 0.6 is 0 Å². The summed E-state index contributed by atoms with van der Waals surface area (Å²) in [6.07, 6.45) is 0.261. The molecule has 0 aromatic heterocycles. The van der Waals surface area contributed by atoms with Crippen molar-refractivity contribution in [3.05, 3.63) is 34.4 Å². The average molecular weight is 272 g/mol. The van der Waals surface area contributed by atoms with E-state index in [2.05, 4.69) is 5.32 Å². The molecule has 1 aliphatic rings. The van der Waals surface area contributed by atoms with Crippen LogP contribution in [0.15, 0.2) is 29.2 Å². The summed E-state index contributed by atoms with van der Waals surface area (Å²) in [7, 11) is -3.85. The van der Waals surface area contributed by atoms with Crippen LogP contribution in [-0.2, 0) is 14.3 Å². The third kappa shape index (κ3) is 2.84. The van der Waals surface area contributed by atoms with E-state index in [4.69, 9.17) is 4.18 Å². The number of nitrogens with zero attached hydrogens (tertiary/aromatic N) is 1. The van der Waals surface area contributed by atoms with Gasteiger partial charge in [-0.05, 0) is 25.1 Å². The molecular weight excluding hydrogens is 260 g/mol. The Morgan fingerprint density at radius 1 is 1.33 bits per heavy atom. The van der Waals surface area contributed by atoms with Crippen LogP contribution in [0.4, 0.5) is 5.69 Å². The summed E-state index contributed by atoms with van der Waals surface area (Å²) in [5, 5.41) is 13.4. The Hall–Kier alpha value is -1.51. The van der Waals surface area contributed by atoms with Crippen molar-refractivity contribution >= 4 is 15.8 Å². The Morgan fingerprint density at radius 2 is 2.00 bits per heavy atom. The van der Waals surface area contributed by atoms with Gasteiger partial charge in [-0.2, -0.15) is 8.42 Å². The van der Waals surface area contributed by atoms with Gasteiger partial charge in [-0.3, -0.25) is 14.3 Å². The van der Waals surface area contributed by atoms with E-state index in [1.807, 2.05) is 0 Å². The van der Waals surface area contributed by atoms with E-state index in [9.17, 15) is 18.5 Å². The largest absolute Gasteiger partial charge is 0.314 e. The molecule has 1 aromatic rings. The van der Waals surface area contributed by atoms with Crippen LogP contribution in [0.25, 0.3) is 0 Å². The second-order valence-corrected chi connectivity index (χ2v) is 5.49. The molecule has 0 bridgehead atoms. The Morgan fingerprint density at radius 3 is 2.50 bits per heavy atom. The van der Waals surface area contributed by atoms with Gasteiger partial charge >= 0.3 is 0 Å². The lowest BCUT2D eigenvalue weighted by atomic mass is 10.3. The Kier molecular flexibility index (Phi) is 3.60. The third-order valence-corrected chi connectivity index (χ3v) is 3.99. The first-order valence-electron chi connectivity index (χ1n) is 5.37. The SMILES string of the molecule is O=[N+]([O-])c1ccc(S(=O)(=O)O[C@H]2CCNC2)cc1. The number of hydrogen-bond donors (Lipinski definition) is 1. The van der Waals surface area contributed by atoms with E-state index in [-0.39, 0.29) is 16.7 Å². The highest BCUT2D eigenvalue weighted by molar-refractivity contribution is 7.86. The molecule has 0 saturated carbocycles. The number of nitro groups is 1. The van der Waals surface area contributed by atoms with Crippen LogP contribution in [0, 0.1) is 10.1 Å². The monoisotopic (exact) mass is 272 g/mol. The fourth-order valence-electron chi connectivity index (χ4n) is 1.68. The van der Waals surface area contributed by atoms with Gasteiger partial charge in [0.25, 0.3) is 15.8 Å². The number of nitro benzene ring substituents is 1. The quantitative estimate of drug-likeness (QED) is 0.491. The van der Waals surface area contributed by atoms with Crippen LogP contribution in [0.2, 0.25) is 0 Å². The first kappa shape index (κ1) is 12.9. The van der Waals surface area contributed by atoms with Gasteiger partial charge in [0.1, 0.15) is 0 Å². The Balaban J connectivity index is 2.16. The first-order valence-corrected chi connectivity index (χ1v) is 6.78. The summed E-state index contributed by atoms with van der Waals surface area (Å²) in [5.74, 6) is 0. The zero-order valence-corrected chi connectivity index (χ0v) is 10.2. The molecular formula is C10H12N2O5S. The summed E-state index contributed by atoms with van der Waals surface area (Å²) in [6, 6.07) is 4.64. The van der Waals surface area contributed by atoms with Gasteiger partial charge in [0.05, 0.1) is 15.9 Å². The lowest BCUT2D eigenvalue weighted by molar-refractivity contribution is -0.384. The summed E-state index contributed by atoms with van der Waals surface area (Å²) >= 11 is 0. The molecule has 0 spiro atoms. The maximum atomic E-state index is 11.8. The minimum atomic E-state index is -3.85. The molecule has 0 aliphatic carbocycles. The second-order valence-electron chi connectivity index (χ2n) is 3.92. The van der Waals surface area contributed by atoms with Crippen molar-refractivity contribution in [2.45, 2.75) is 17.4 Å². The minimum absolute atomic E-state index is 0.0694. The first-order chi connectivity index (χ1) is 8.49. The molecule has 1 N–H and O–H groups in total. The van der Waals surface area contributed by atoms with Crippen LogP contribution in [0.5, 0.6) is 0 Å². The zero-order valence-electron chi connectivity index (χ0n) is 9.40. The normalized spacial score (nSPS) is 19.9. The van der Waals surface area contributed by atoms with Gasteiger partial charge in [0.15, 0.2) is 0 Å². The van der Waals surface area contributed by atoms with E-state index in [0.717, 1.165) is 18.7 Å². The van der Waals surface area contributed by atoms with Crippen molar-refractivity contribution in [3.8, 4) is 0 Å². The number of benzene rings is 1. The maximum absolute atomic E-state index is 11.8. The molecule has 0 amide bonds. The van der Waals surface area contributed by atoms with Gasteiger partial charge < -0.3 is 5.32 Å². The van der Waals surface area contributed by atoms with E-state index in [1.54, 1.807) is 0 Å². The molecule has 1 atom stereocenters. The zero-order chi connectivity index (χ0) is 13.2. The summed E-state index contributed by atoms with van der Waals surface area (Å²) in [4.78, 5) is 9.80. The topological polar surface area (TPSA) is 98.5 Å². The van der Waals surface area contributed by atoms with E-state index >= 15 is 0 Å². The third-order valence-electron chi connectivity index (χ3n) is 2.61. The highest BCUT2D eigenvalue weighted by Gasteiger charge is 2.24. The smallest absolute Gasteiger partial charge is 0.297 e. The number of hydrogen-bond acceptors (Lipinski definition) is 6. The standard InChI is InChI=1S/C10H12N2O5S/c13-12(14)8-1-3-10(4-2-8)18(15,16)17-9-5-6-11-7-9/h1-4,9,11H,5-7H2/t9-/m0/s1. The van der Waals surface area contributed by atoms with Crippen molar-refractivity contribution in [1.29, 1.82) is 0 Å². The van der Waals surface area contributed by atoms with Crippen LogP contribution in [0.3, 0.4) is 0 Å². The minimum Gasteiger partial charge on any atom is -0.314 e. The molecule has 1 heterocycles. The summed E-state index contributed by atoms with van der Waals surface area (Å²) in [5.41, 5.74) is -0.156. The molecule has 1 aromatic carbocycles. The average Bonchev–Trinajstić information content (AvgIpc) is 2.81. The van der Waals surface area contributed by atoms with Crippen LogP contribution in [0.1, 0.15) is 6.42 Å². The van der Waals surface area contributed by atoms with Crippen molar-refractivity contribution < 1.29 is 17.5 Å². The second kappa shape index (κ2) is 5.01. The molecule has 1 aliphatic heterocycles. The fourth-order valence-corrected chi connectivity index (χ4v) is 2.78. The maximum Gasteiger partial charge on any atom is 0.297 e. The molecule has 0 radical (unpaired) electrons. The van der Waals surface area contributed by atoms with Crippen LogP contribution < -0.4 is 5.32 Å². The molecule has 1 fully saturated rings. The van der Waals surface area contributed by atoms with Gasteiger partial charge in [-0.25, -0.2) is 0 Å². The van der Waals surface area contributed by atoms with E-state index in [1.165, 1.54) is 12.1 Å². The van der Waals surface area contributed by atoms with E-state index < -0.39 is 15.0 Å². The molecule has 8 heteroatoms. The molecule has 7 nitrogen and oxygen atoms in total. The van der Waals surface area contributed by atoms with Gasteiger partial charge in [0, 0.05) is 18.7 Å². The fraction of sp³-hybridized carbons (Fsp3) is 0.400. The highest BCUT2D eigenvalue weighted by Crippen LogP contribution is 2.20. The Labute approximate surface area is 104 Å². The van der Waals surface area contributed by atoms with Crippen molar-refractivity contribution in [2.24, 2.45) is 0 Å². The lowest BCUT2D eigenvalue weighted by Crippen LogP contribution is -2.21. The predicted molar refractivity (Wildman–Crippen MR) is 62.6 cm³/mol. The molecule has 2 rings (SSSR count). The summed E-state index contributed by atoms with van der Waals surface area (Å²) < 4.78 is 28.7. The molecule has 0 unspecified atom stereocenters. The highest BCUT2D eigenvalue weighted by atomic mass is 32.2. The molecule has 1 saturated heterocycles. The van der Waals surface area contributed by atoms with Gasteiger partial charge in [0.2, 0.25) is 0 Å².